The van der Waals surface area contributed by atoms with Gasteiger partial charge in [-0.1, -0.05) is 0 Å². The van der Waals surface area contributed by atoms with Crippen LogP contribution < -0.4 is 0 Å². The molecule has 11 heavy (non-hydrogen) atoms. The predicted molar refractivity (Wildman–Crippen MR) is 43.5 cm³/mol. The van der Waals surface area contributed by atoms with Crippen molar-refractivity contribution in [3.8, 4) is 0 Å². The van der Waals surface area contributed by atoms with Crippen molar-refractivity contribution >= 4 is 16.2 Å². The Morgan fingerprint density at radius 1 is 1.36 bits per heavy atom. The highest BCUT2D eigenvalue weighted by molar-refractivity contribution is 7.88. The van der Waals surface area contributed by atoms with Crippen LogP contribution in [-0.2, 0) is 10.0 Å². The molecule has 0 fully saturated rings. The maximum absolute atomic E-state index is 10.9. The lowest BCUT2D eigenvalue weighted by Gasteiger charge is -2.09. The molecule has 0 unspecified atom stereocenters. The Balaban J connectivity index is 2.93. The van der Waals surface area contributed by atoms with Gasteiger partial charge in [0.15, 0.2) is 0 Å². The number of hydrogen-bond donors (Lipinski definition) is 0. The van der Waals surface area contributed by atoms with Gasteiger partial charge in [0.25, 0.3) is 0 Å². The minimum absolute atomic E-state index is 1.10. The molecule has 0 amide bonds. The molecule has 0 saturated heterocycles. The molecule has 5 heteroatoms. The molecule has 1 aliphatic heterocycles. The van der Waals surface area contributed by atoms with E-state index in [2.05, 4.69) is 4.99 Å². The molecule has 1 rings (SSSR count). The van der Waals surface area contributed by atoms with Crippen LogP contribution in [-0.4, -0.2) is 25.2 Å². The zero-order valence-electron chi connectivity index (χ0n) is 6.01. The van der Waals surface area contributed by atoms with Crippen molar-refractivity contribution in [3.63, 3.8) is 0 Å². The highest BCUT2D eigenvalue weighted by Crippen LogP contribution is 2.01. The molecule has 60 valence electrons. The zero-order chi connectivity index (χ0) is 8.32. The first-order valence-corrected chi connectivity index (χ1v) is 4.81. The number of hydrogen-bond acceptors (Lipinski definition) is 3. The van der Waals surface area contributed by atoms with E-state index in [0.717, 1.165) is 10.6 Å². The van der Waals surface area contributed by atoms with Crippen molar-refractivity contribution < 1.29 is 8.42 Å². The molecule has 0 aromatic heterocycles. The van der Waals surface area contributed by atoms with Gasteiger partial charge in [-0.3, -0.25) is 9.30 Å². The van der Waals surface area contributed by atoms with E-state index in [4.69, 9.17) is 0 Å². The summed E-state index contributed by atoms with van der Waals surface area (Å²) in [7, 11) is -3.17. The maximum Gasteiger partial charge on any atom is 0.235 e. The topological polar surface area (TPSA) is 49.7 Å². The standard InChI is InChI=1S/C6H8N2O2S/c1-11(9,10)8-5-2-3-7-4-6-8/h2-6H,1H3. The summed E-state index contributed by atoms with van der Waals surface area (Å²) < 4.78 is 22.9. The molecular formula is C6H8N2O2S. The molecule has 0 aromatic rings. The molecule has 0 saturated carbocycles. The van der Waals surface area contributed by atoms with Crippen LogP contribution in [0.1, 0.15) is 0 Å². The normalized spacial score (nSPS) is 17.0. The molecule has 4 nitrogen and oxygen atoms in total. The number of nitrogens with zero attached hydrogens (tertiary/aromatic N) is 2. The summed E-state index contributed by atoms with van der Waals surface area (Å²) in [6.07, 6.45) is 8.44. The molecule has 0 aliphatic carbocycles. The molecule has 0 atom stereocenters. The van der Waals surface area contributed by atoms with E-state index < -0.39 is 10.0 Å². The highest BCUT2D eigenvalue weighted by Gasteiger charge is 2.07. The zero-order valence-corrected chi connectivity index (χ0v) is 6.82. The van der Waals surface area contributed by atoms with Gasteiger partial charge < -0.3 is 0 Å². The second-order valence-electron chi connectivity index (χ2n) is 2.03. The highest BCUT2D eigenvalue weighted by atomic mass is 32.2. The largest absolute Gasteiger partial charge is 0.263 e. The lowest BCUT2D eigenvalue weighted by molar-refractivity contribution is 0.560. The maximum atomic E-state index is 10.9. The fraction of sp³-hybridized carbons (Fsp3) is 0.167. The summed E-state index contributed by atoms with van der Waals surface area (Å²) in [6, 6.07) is 0. The van der Waals surface area contributed by atoms with Gasteiger partial charge in [-0.2, -0.15) is 0 Å². The van der Waals surface area contributed by atoms with Crippen LogP contribution in [0.5, 0.6) is 0 Å². The fourth-order valence-electron chi connectivity index (χ4n) is 0.598. The Hall–Kier alpha value is -1.10. The van der Waals surface area contributed by atoms with E-state index in [-0.39, 0.29) is 0 Å². The quantitative estimate of drug-likeness (QED) is 0.571. The van der Waals surface area contributed by atoms with E-state index >= 15 is 0 Å². The third kappa shape index (κ3) is 2.19. The Bertz CT molecular complexity index is 297. The van der Waals surface area contributed by atoms with Gasteiger partial charge in [0.05, 0.1) is 6.26 Å². The summed E-state index contributed by atoms with van der Waals surface area (Å²) in [5.41, 5.74) is 0. The van der Waals surface area contributed by atoms with Gasteiger partial charge in [0.2, 0.25) is 10.0 Å². The summed E-state index contributed by atoms with van der Waals surface area (Å²) in [6.45, 7) is 0. The number of allylic oxidation sites excluding steroid dienone is 1. The Morgan fingerprint density at radius 2 is 2.09 bits per heavy atom. The number of sulfonamides is 1. The first-order valence-electron chi connectivity index (χ1n) is 2.96. The van der Waals surface area contributed by atoms with Gasteiger partial charge in [0.1, 0.15) is 0 Å². The van der Waals surface area contributed by atoms with Crippen molar-refractivity contribution in [2.45, 2.75) is 0 Å². The SMILES string of the molecule is CS(=O)(=O)N1C=CC=NC=C1. The minimum atomic E-state index is -3.17. The summed E-state index contributed by atoms with van der Waals surface area (Å²) in [5.74, 6) is 0. The van der Waals surface area contributed by atoms with E-state index in [1.807, 2.05) is 0 Å². The van der Waals surface area contributed by atoms with Crippen LogP contribution in [0.15, 0.2) is 29.7 Å². The molecule has 0 bridgehead atoms. The first-order chi connectivity index (χ1) is 5.11. The Labute approximate surface area is 65.6 Å². The molecule has 0 spiro atoms. The fourth-order valence-corrected chi connectivity index (χ4v) is 1.16. The molecule has 0 radical (unpaired) electrons. The van der Waals surface area contributed by atoms with Crippen LogP contribution in [0.2, 0.25) is 0 Å². The average molecular weight is 172 g/mol. The smallest absolute Gasteiger partial charge is 0.235 e. The van der Waals surface area contributed by atoms with Crippen molar-refractivity contribution in [1.82, 2.24) is 4.31 Å². The van der Waals surface area contributed by atoms with Crippen molar-refractivity contribution in [2.24, 2.45) is 4.99 Å². The van der Waals surface area contributed by atoms with E-state index in [9.17, 15) is 8.42 Å². The van der Waals surface area contributed by atoms with E-state index in [0.29, 0.717) is 0 Å². The minimum Gasteiger partial charge on any atom is -0.263 e. The lowest BCUT2D eigenvalue weighted by Crippen LogP contribution is -2.17. The van der Waals surface area contributed by atoms with Gasteiger partial charge in [-0.15, -0.1) is 0 Å². The molecule has 1 heterocycles. The summed E-state index contributed by atoms with van der Waals surface area (Å²) in [5, 5.41) is 0. The number of aliphatic imine (C=N–C) groups is 1. The van der Waals surface area contributed by atoms with Crippen molar-refractivity contribution in [2.75, 3.05) is 6.26 Å². The van der Waals surface area contributed by atoms with Crippen LogP contribution in [0.4, 0.5) is 0 Å². The lowest BCUT2D eigenvalue weighted by atomic mass is 10.7. The van der Waals surface area contributed by atoms with Crippen LogP contribution >= 0.6 is 0 Å². The van der Waals surface area contributed by atoms with Crippen molar-refractivity contribution in [3.05, 3.63) is 24.7 Å². The van der Waals surface area contributed by atoms with Crippen LogP contribution in [0.3, 0.4) is 0 Å². The van der Waals surface area contributed by atoms with Gasteiger partial charge in [0, 0.05) is 24.8 Å². The average Bonchev–Trinajstić information content (AvgIpc) is 2.10. The predicted octanol–water partition coefficient (Wildman–Crippen LogP) is 0.317. The molecule has 0 N–H and O–H groups in total. The van der Waals surface area contributed by atoms with Crippen molar-refractivity contribution in [1.29, 1.82) is 0 Å². The first kappa shape index (κ1) is 8.00. The molecule has 0 aromatic carbocycles. The van der Waals surface area contributed by atoms with E-state index in [1.165, 1.54) is 24.8 Å². The molecular weight excluding hydrogens is 164 g/mol. The second-order valence-corrected chi connectivity index (χ2v) is 3.92. The molecule has 1 aliphatic rings. The third-order valence-electron chi connectivity index (χ3n) is 1.09. The monoisotopic (exact) mass is 172 g/mol. The summed E-state index contributed by atoms with van der Waals surface area (Å²) in [4.78, 5) is 3.74. The van der Waals surface area contributed by atoms with Gasteiger partial charge >= 0.3 is 0 Å². The van der Waals surface area contributed by atoms with Crippen LogP contribution in [0.25, 0.3) is 0 Å². The Kier molecular flexibility index (Phi) is 2.09. The third-order valence-corrected chi connectivity index (χ3v) is 2.10. The van der Waals surface area contributed by atoms with Gasteiger partial charge in [-0.05, 0) is 6.08 Å². The Morgan fingerprint density at radius 3 is 2.73 bits per heavy atom. The number of rotatable bonds is 1. The van der Waals surface area contributed by atoms with Crippen LogP contribution in [0, 0.1) is 0 Å². The second kappa shape index (κ2) is 2.87. The van der Waals surface area contributed by atoms with Gasteiger partial charge in [-0.25, -0.2) is 8.42 Å². The van der Waals surface area contributed by atoms with E-state index in [1.54, 1.807) is 6.08 Å². The summed E-state index contributed by atoms with van der Waals surface area (Å²) >= 11 is 0.